The number of nitrogens with zero attached hydrogens (tertiary/aromatic N) is 1. The molecular formula is C12H16Cl2N2O2. The molecule has 1 aromatic heterocycles. The molecule has 1 amide bonds. The fraction of sp³-hybridized carbons (Fsp3) is 0.500. The minimum atomic E-state index is -0.236. The van der Waals surface area contributed by atoms with Crippen molar-refractivity contribution in [1.29, 1.82) is 0 Å². The van der Waals surface area contributed by atoms with E-state index in [1.807, 2.05) is 0 Å². The zero-order chi connectivity index (χ0) is 13.4. The molecule has 100 valence electrons. The topological polar surface area (TPSA) is 51.2 Å². The Morgan fingerprint density at radius 3 is 2.89 bits per heavy atom. The van der Waals surface area contributed by atoms with Gasteiger partial charge in [-0.25, -0.2) is 4.98 Å². The summed E-state index contributed by atoms with van der Waals surface area (Å²) in [6.45, 7) is 3.78. The number of hydrogen-bond donors (Lipinski definition) is 1. The largest absolute Gasteiger partial charge is 0.380 e. The highest BCUT2D eigenvalue weighted by Crippen LogP contribution is 2.19. The van der Waals surface area contributed by atoms with Crippen LogP contribution in [0.25, 0.3) is 0 Å². The van der Waals surface area contributed by atoms with E-state index >= 15 is 0 Å². The molecule has 1 aromatic rings. The smallest absolute Gasteiger partial charge is 0.252 e. The first kappa shape index (κ1) is 15.2. The highest BCUT2D eigenvalue weighted by atomic mass is 35.5. The maximum absolute atomic E-state index is 11.7. The van der Waals surface area contributed by atoms with E-state index in [1.54, 1.807) is 0 Å². The number of amides is 1. The summed E-state index contributed by atoms with van der Waals surface area (Å²) in [5, 5.41) is 3.17. The van der Waals surface area contributed by atoms with Crippen LogP contribution in [0.4, 0.5) is 0 Å². The molecule has 1 rings (SSSR count). The van der Waals surface area contributed by atoms with Gasteiger partial charge in [0.25, 0.3) is 5.91 Å². The second-order valence-electron chi connectivity index (χ2n) is 3.72. The van der Waals surface area contributed by atoms with Crippen LogP contribution in [0.1, 0.15) is 30.1 Å². The van der Waals surface area contributed by atoms with Gasteiger partial charge in [-0.2, -0.15) is 0 Å². The van der Waals surface area contributed by atoms with Gasteiger partial charge < -0.3 is 10.1 Å². The van der Waals surface area contributed by atoms with Gasteiger partial charge >= 0.3 is 0 Å². The molecule has 6 heteroatoms. The second-order valence-corrected chi connectivity index (χ2v) is 4.48. The maximum atomic E-state index is 11.7. The third-order valence-corrected chi connectivity index (χ3v) is 2.92. The van der Waals surface area contributed by atoms with Crippen molar-refractivity contribution in [3.05, 3.63) is 28.0 Å². The number of nitrogens with one attached hydrogen (secondary N) is 1. The Labute approximate surface area is 117 Å². The minimum Gasteiger partial charge on any atom is -0.380 e. The van der Waals surface area contributed by atoms with Gasteiger partial charge in [0.2, 0.25) is 0 Å². The van der Waals surface area contributed by atoms with Crippen molar-refractivity contribution in [2.24, 2.45) is 0 Å². The Balaban J connectivity index is 2.30. The molecule has 18 heavy (non-hydrogen) atoms. The maximum Gasteiger partial charge on any atom is 0.252 e. The summed E-state index contributed by atoms with van der Waals surface area (Å²) in [7, 11) is 0. The average Bonchev–Trinajstić information content (AvgIpc) is 2.36. The Bertz CT molecular complexity index is 400. The molecular weight excluding hydrogens is 275 g/mol. The van der Waals surface area contributed by atoms with E-state index in [4.69, 9.17) is 27.9 Å². The Hall–Kier alpha value is -0.840. The number of unbranched alkanes of at least 4 members (excludes halogenated alkanes) is 1. The van der Waals surface area contributed by atoms with Crippen molar-refractivity contribution < 1.29 is 9.53 Å². The summed E-state index contributed by atoms with van der Waals surface area (Å²) in [5.74, 6) is -0.236. The van der Waals surface area contributed by atoms with Gasteiger partial charge in [0.15, 0.2) is 0 Å². The molecule has 0 aromatic carbocycles. The van der Waals surface area contributed by atoms with Gasteiger partial charge in [0.1, 0.15) is 5.15 Å². The number of pyridine rings is 1. The van der Waals surface area contributed by atoms with Crippen LogP contribution in [-0.4, -0.2) is 30.6 Å². The summed E-state index contributed by atoms with van der Waals surface area (Å²) in [6.07, 6.45) is 3.52. The lowest BCUT2D eigenvalue weighted by Crippen LogP contribution is -2.27. The summed E-state index contributed by atoms with van der Waals surface area (Å²) in [5.41, 5.74) is 0.387. The van der Waals surface area contributed by atoms with Crippen LogP contribution in [0.5, 0.6) is 0 Å². The first-order valence-corrected chi connectivity index (χ1v) is 6.57. The monoisotopic (exact) mass is 290 g/mol. The quantitative estimate of drug-likeness (QED) is 0.620. The standard InChI is InChI=1S/C12H16Cl2N2O2/c1-2-3-5-18-6-4-15-12(17)9-7-10(13)11(14)16-8-9/h7-8H,2-6H2,1H3,(H,15,17). The predicted molar refractivity (Wildman–Crippen MR) is 72.3 cm³/mol. The van der Waals surface area contributed by atoms with E-state index in [2.05, 4.69) is 17.2 Å². The number of carbonyl (C=O) groups is 1. The SMILES string of the molecule is CCCCOCCNC(=O)c1cnc(Cl)c(Cl)c1. The lowest BCUT2D eigenvalue weighted by molar-refractivity contribution is 0.0912. The number of carbonyl (C=O) groups excluding carboxylic acids is 1. The number of halogens is 2. The fourth-order valence-corrected chi connectivity index (χ4v) is 1.50. The van der Waals surface area contributed by atoms with Crippen LogP contribution < -0.4 is 5.32 Å². The van der Waals surface area contributed by atoms with E-state index in [9.17, 15) is 4.79 Å². The van der Waals surface area contributed by atoms with Crippen molar-refractivity contribution in [2.75, 3.05) is 19.8 Å². The lowest BCUT2D eigenvalue weighted by Gasteiger charge is -2.06. The molecule has 0 unspecified atom stereocenters. The van der Waals surface area contributed by atoms with E-state index in [0.717, 1.165) is 19.4 Å². The van der Waals surface area contributed by atoms with Gasteiger partial charge in [-0.1, -0.05) is 36.5 Å². The van der Waals surface area contributed by atoms with Gasteiger partial charge in [0, 0.05) is 19.3 Å². The Morgan fingerprint density at radius 1 is 1.44 bits per heavy atom. The van der Waals surface area contributed by atoms with Gasteiger partial charge in [-0.05, 0) is 12.5 Å². The van der Waals surface area contributed by atoms with E-state index in [1.165, 1.54) is 12.3 Å². The van der Waals surface area contributed by atoms with Gasteiger partial charge in [0.05, 0.1) is 17.2 Å². The molecule has 1 N–H and O–H groups in total. The van der Waals surface area contributed by atoms with Crippen LogP contribution in [-0.2, 0) is 4.74 Å². The molecule has 0 saturated carbocycles. The van der Waals surface area contributed by atoms with E-state index < -0.39 is 0 Å². The average molecular weight is 291 g/mol. The summed E-state index contributed by atoms with van der Waals surface area (Å²) in [4.78, 5) is 15.5. The molecule has 0 saturated heterocycles. The summed E-state index contributed by atoms with van der Waals surface area (Å²) < 4.78 is 5.33. The molecule has 0 aliphatic heterocycles. The van der Waals surface area contributed by atoms with Gasteiger partial charge in [-0.15, -0.1) is 0 Å². The van der Waals surface area contributed by atoms with Crippen LogP contribution >= 0.6 is 23.2 Å². The van der Waals surface area contributed by atoms with E-state index in [0.29, 0.717) is 18.7 Å². The minimum absolute atomic E-state index is 0.191. The Morgan fingerprint density at radius 2 is 2.22 bits per heavy atom. The van der Waals surface area contributed by atoms with Crippen molar-refractivity contribution in [3.8, 4) is 0 Å². The number of rotatable bonds is 7. The molecule has 0 aliphatic carbocycles. The third kappa shape index (κ3) is 5.21. The predicted octanol–water partition coefficient (Wildman–Crippen LogP) is 2.93. The second kappa shape index (κ2) is 8.29. The first-order chi connectivity index (χ1) is 8.65. The molecule has 0 spiro atoms. The third-order valence-electron chi connectivity index (χ3n) is 2.23. The lowest BCUT2D eigenvalue weighted by atomic mass is 10.3. The molecule has 0 radical (unpaired) electrons. The summed E-state index contributed by atoms with van der Waals surface area (Å²) >= 11 is 11.4. The number of hydrogen-bond acceptors (Lipinski definition) is 3. The van der Waals surface area contributed by atoms with Crippen molar-refractivity contribution in [1.82, 2.24) is 10.3 Å². The highest BCUT2D eigenvalue weighted by Gasteiger charge is 2.08. The molecule has 0 atom stereocenters. The molecule has 1 heterocycles. The zero-order valence-corrected chi connectivity index (χ0v) is 11.7. The molecule has 0 aliphatic rings. The number of ether oxygens (including phenoxy) is 1. The Kier molecular flexibility index (Phi) is 7.01. The molecule has 0 fully saturated rings. The van der Waals surface area contributed by atoms with E-state index in [-0.39, 0.29) is 16.1 Å². The van der Waals surface area contributed by atoms with Crippen LogP contribution in [0.15, 0.2) is 12.3 Å². The van der Waals surface area contributed by atoms with Crippen LogP contribution in [0.3, 0.4) is 0 Å². The fourth-order valence-electron chi connectivity index (χ4n) is 1.23. The van der Waals surface area contributed by atoms with Crippen molar-refractivity contribution in [3.63, 3.8) is 0 Å². The molecule has 0 bridgehead atoms. The number of aromatic nitrogens is 1. The zero-order valence-electron chi connectivity index (χ0n) is 10.2. The van der Waals surface area contributed by atoms with Crippen LogP contribution in [0.2, 0.25) is 10.2 Å². The van der Waals surface area contributed by atoms with Gasteiger partial charge in [-0.3, -0.25) is 4.79 Å². The normalized spacial score (nSPS) is 10.4. The van der Waals surface area contributed by atoms with Crippen molar-refractivity contribution in [2.45, 2.75) is 19.8 Å². The van der Waals surface area contributed by atoms with Crippen molar-refractivity contribution >= 4 is 29.1 Å². The highest BCUT2D eigenvalue weighted by molar-refractivity contribution is 6.41. The van der Waals surface area contributed by atoms with Crippen LogP contribution in [0, 0.1) is 0 Å². The first-order valence-electron chi connectivity index (χ1n) is 5.82. The molecule has 4 nitrogen and oxygen atoms in total. The summed E-state index contributed by atoms with van der Waals surface area (Å²) in [6, 6.07) is 1.49.